The molecule has 0 saturated heterocycles. The first-order valence-electron chi connectivity index (χ1n) is 6.18. The minimum Gasteiger partial charge on any atom is -0.253 e. The third-order valence-corrected chi connectivity index (χ3v) is 3.61. The molecule has 0 fully saturated rings. The Balaban J connectivity index is 2.07. The molecule has 4 aromatic rings. The first-order valence-corrected chi connectivity index (χ1v) is 6.52. The molecule has 96 valence electrons. The zero-order valence-corrected chi connectivity index (χ0v) is 11.1. The van der Waals surface area contributed by atoms with Gasteiger partial charge in [0, 0.05) is 23.4 Å². The van der Waals surface area contributed by atoms with Gasteiger partial charge in [0.15, 0.2) is 5.82 Å². The Morgan fingerprint density at radius 1 is 0.900 bits per heavy atom. The first kappa shape index (κ1) is 11.4. The summed E-state index contributed by atoms with van der Waals surface area (Å²) in [7, 11) is 0. The minimum atomic E-state index is 0.603. The summed E-state index contributed by atoms with van der Waals surface area (Å²) in [5.41, 5.74) is 3.32. The summed E-state index contributed by atoms with van der Waals surface area (Å²) in [5.74, 6) is 0.603. The molecule has 5 heteroatoms. The summed E-state index contributed by atoms with van der Waals surface area (Å²) >= 11 is 6.31. The summed E-state index contributed by atoms with van der Waals surface area (Å²) in [6.45, 7) is 0. The summed E-state index contributed by atoms with van der Waals surface area (Å²) in [5, 5.41) is 1.01. The Morgan fingerprint density at radius 2 is 1.75 bits per heavy atom. The number of para-hydroxylation sites is 1. The van der Waals surface area contributed by atoms with Crippen LogP contribution in [0.25, 0.3) is 33.5 Å². The van der Waals surface area contributed by atoms with Crippen molar-refractivity contribution in [2.24, 2.45) is 0 Å². The SMILES string of the molecule is Cln1c2ccccc2c2nc(-c3ccccn3)ncc21. The fourth-order valence-electron chi connectivity index (χ4n) is 2.31. The van der Waals surface area contributed by atoms with Gasteiger partial charge in [0.05, 0.1) is 11.7 Å². The summed E-state index contributed by atoms with van der Waals surface area (Å²) < 4.78 is 1.59. The number of rotatable bonds is 1. The van der Waals surface area contributed by atoms with Crippen LogP contribution < -0.4 is 0 Å². The molecule has 0 aliphatic carbocycles. The van der Waals surface area contributed by atoms with Crippen LogP contribution in [-0.2, 0) is 0 Å². The van der Waals surface area contributed by atoms with E-state index in [9.17, 15) is 0 Å². The van der Waals surface area contributed by atoms with Gasteiger partial charge >= 0.3 is 0 Å². The summed E-state index contributed by atoms with van der Waals surface area (Å²) in [6.07, 6.45) is 3.47. The van der Waals surface area contributed by atoms with Crippen molar-refractivity contribution in [3.63, 3.8) is 0 Å². The zero-order chi connectivity index (χ0) is 13.5. The third-order valence-electron chi connectivity index (χ3n) is 3.25. The maximum Gasteiger partial charge on any atom is 0.178 e. The van der Waals surface area contributed by atoms with Crippen molar-refractivity contribution in [1.29, 1.82) is 0 Å². The zero-order valence-electron chi connectivity index (χ0n) is 10.4. The van der Waals surface area contributed by atoms with Gasteiger partial charge in [-0.05, 0) is 18.2 Å². The molecule has 0 unspecified atom stereocenters. The molecule has 4 rings (SSSR count). The van der Waals surface area contributed by atoms with Crippen molar-refractivity contribution in [3.05, 3.63) is 54.9 Å². The second-order valence-electron chi connectivity index (χ2n) is 4.44. The number of fused-ring (bicyclic) bond motifs is 3. The van der Waals surface area contributed by atoms with Crippen molar-refractivity contribution in [2.45, 2.75) is 0 Å². The highest BCUT2D eigenvalue weighted by molar-refractivity contribution is 6.25. The Bertz CT molecular complexity index is 915. The molecule has 0 atom stereocenters. The Morgan fingerprint density at radius 3 is 2.60 bits per heavy atom. The Kier molecular flexibility index (Phi) is 2.44. The number of hydrogen-bond donors (Lipinski definition) is 0. The van der Waals surface area contributed by atoms with Crippen LogP contribution in [0.4, 0.5) is 0 Å². The van der Waals surface area contributed by atoms with Gasteiger partial charge in [-0.2, -0.15) is 0 Å². The lowest BCUT2D eigenvalue weighted by Crippen LogP contribution is -1.91. The average Bonchev–Trinajstić information content (AvgIpc) is 2.81. The molecule has 0 radical (unpaired) electrons. The highest BCUT2D eigenvalue weighted by Gasteiger charge is 2.12. The molecule has 1 aromatic carbocycles. The Labute approximate surface area is 119 Å². The molecule has 0 bridgehead atoms. The maximum absolute atomic E-state index is 6.31. The van der Waals surface area contributed by atoms with E-state index in [2.05, 4.69) is 15.0 Å². The highest BCUT2D eigenvalue weighted by Crippen LogP contribution is 2.28. The molecular formula is C15H9ClN4. The van der Waals surface area contributed by atoms with Crippen molar-refractivity contribution >= 4 is 33.7 Å². The Hall–Kier alpha value is -2.46. The molecule has 0 saturated carbocycles. The van der Waals surface area contributed by atoms with Crippen LogP contribution in [-0.4, -0.2) is 19.0 Å². The summed E-state index contributed by atoms with van der Waals surface area (Å²) in [6, 6.07) is 13.6. The number of hydrogen-bond acceptors (Lipinski definition) is 3. The maximum atomic E-state index is 6.31. The van der Waals surface area contributed by atoms with Crippen molar-refractivity contribution in [1.82, 2.24) is 19.0 Å². The molecular weight excluding hydrogens is 272 g/mol. The number of nitrogens with zero attached hydrogens (tertiary/aromatic N) is 4. The second-order valence-corrected chi connectivity index (χ2v) is 4.78. The lowest BCUT2D eigenvalue weighted by molar-refractivity contribution is 1.17. The van der Waals surface area contributed by atoms with Crippen molar-refractivity contribution in [3.8, 4) is 11.5 Å². The van der Waals surface area contributed by atoms with Crippen LogP contribution >= 0.6 is 11.8 Å². The molecule has 4 nitrogen and oxygen atoms in total. The lowest BCUT2D eigenvalue weighted by atomic mass is 10.2. The van der Waals surface area contributed by atoms with E-state index < -0.39 is 0 Å². The van der Waals surface area contributed by atoms with E-state index in [1.807, 2.05) is 42.5 Å². The normalized spacial score (nSPS) is 11.2. The van der Waals surface area contributed by atoms with Gasteiger partial charge in [0.2, 0.25) is 0 Å². The molecule has 0 aliphatic heterocycles. The van der Waals surface area contributed by atoms with Gasteiger partial charge < -0.3 is 0 Å². The molecule has 3 heterocycles. The number of halogens is 1. The predicted octanol–water partition coefficient (Wildman–Crippen LogP) is 3.65. The van der Waals surface area contributed by atoms with Gasteiger partial charge in [0.25, 0.3) is 0 Å². The van der Waals surface area contributed by atoms with Crippen LogP contribution in [0.5, 0.6) is 0 Å². The number of pyridine rings is 1. The molecule has 3 aromatic heterocycles. The molecule has 20 heavy (non-hydrogen) atoms. The van der Waals surface area contributed by atoms with E-state index in [1.54, 1.807) is 16.5 Å². The number of benzene rings is 1. The van der Waals surface area contributed by atoms with Crippen LogP contribution in [0, 0.1) is 0 Å². The van der Waals surface area contributed by atoms with E-state index in [0.717, 1.165) is 27.6 Å². The average molecular weight is 281 g/mol. The van der Waals surface area contributed by atoms with Crippen LogP contribution in [0.3, 0.4) is 0 Å². The van der Waals surface area contributed by atoms with E-state index in [1.165, 1.54) is 0 Å². The smallest absolute Gasteiger partial charge is 0.178 e. The van der Waals surface area contributed by atoms with Crippen molar-refractivity contribution in [2.75, 3.05) is 0 Å². The third kappa shape index (κ3) is 1.58. The van der Waals surface area contributed by atoms with Crippen molar-refractivity contribution < 1.29 is 0 Å². The fraction of sp³-hybridized carbons (Fsp3) is 0. The second kappa shape index (κ2) is 4.28. The topological polar surface area (TPSA) is 43.6 Å². The van der Waals surface area contributed by atoms with Crippen LogP contribution in [0.15, 0.2) is 54.9 Å². The van der Waals surface area contributed by atoms with E-state index in [4.69, 9.17) is 11.8 Å². The molecule has 0 spiro atoms. The van der Waals surface area contributed by atoms with E-state index in [0.29, 0.717) is 5.82 Å². The first-order chi connectivity index (χ1) is 9.84. The van der Waals surface area contributed by atoms with Gasteiger partial charge in [-0.15, -0.1) is 0 Å². The van der Waals surface area contributed by atoms with E-state index in [-0.39, 0.29) is 0 Å². The fourth-order valence-corrected chi connectivity index (χ4v) is 2.58. The predicted molar refractivity (Wildman–Crippen MR) is 79.5 cm³/mol. The van der Waals surface area contributed by atoms with Gasteiger partial charge in [-0.1, -0.05) is 24.3 Å². The van der Waals surface area contributed by atoms with Crippen LogP contribution in [0.2, 0.25) is 0 Å². The largest absolute Gasteiger partial charge is 0.253 e. The van der Waals surface area contributed by atoms with Gasteiger partial charge in [0.1, 0.15) is 16.7 Å². The molecule has 0 aliphatic rings. The molecule has 0 N–H and O–H groups in total. The molecule has 0 amide bonds. The van der Waals surface area contributed by atoms with Crippen LogP contribution in [0.1, 0.15) is 0 Å². The standard InChI is InChI=1S/C15H9ClN4/c16-20-12-7-2-1-5-10(12)14-13(20)9-18-15(19-14)11-6-3-4-8-17-11/h1-9H. The highest BCUT2D eigenvalue weighted by atomic mass is 35.5. The van der Waals surface area contributed by atoms with Gasteiger partial charge in [-0.25, -0.2) is 14.1 Å². The quantitative estimate of drug-likeness (QED) is 0.534. The lowest BCUT2D eigenvalue weighted by Gasteiger charge is -1.99. The van der Waals surface area contributed by atoms with Gasteiger partial charge in [-0.3, -0.25) is 4.98 Å². The number of aromatic nitrogens is 4. The minimum absolute atomic E-state index is 0.603. The van der Waals surface area contributed by atoms with E-state index >= 15 is 0 Å². The summed E-state index contributed by atoms with van der Waals surface area (Å²) in [4.78, 5) is 13.2. The monoisotopic (exact) mass is 280 g/mol.